The van der Waals surface area contributed by atoms with Crippen LogP contribution in [0.25, 0.3) is 6.08 Å². The molecule has 88 valence electrons. The Morgan fingerprint density at radius 2 is 2.00 bits per heavy atom. The summed E-state index contributed by atoms with van der Waals surface area (Å²) in [6.07, 6.45) is -0.789. The van der Waals surface area contributed by atoms with Gasteiger partial charge in [-0.25, -0.2) is 0 Å². The average Bonchev–Trinajstić information content (AvgIpc) is 2.19. The van der Waals surface area contributed by atoms with Gasteiger partial charge >= 0.3 is 6.18 Å². The Bertz CT molecular complexity index is 380. The highest BCUT2D eigenvalue weighted by molar-refractivity contribution is 5.55. The quantitative estimate of drug-likeness (QED) is 0.839. The summed E-state index contributed by atoms with van der Waals surface area (Å²) in [5.41, 5.74) is 0.827. The van der Waals surface area contributed by atoms with Gasteiger partial charge in [-0.15, -0.1) is 0 Å². The molecule has 0 saturated heterocycles. The van der Waals surface area contributed by atoms with E-state index in [1.807, 2.05) is 0 Å². The molecule has 0 atom stereocenters. The van der Waals surface area contributed by atoms with Crippen LogP contribution in [-0.2, 0) is 6.18 Å². The number of likely N-dealkylation sites (N-methyl/N-ethyl adjacent to an activating group) is 1. The molecular formula is C12H14F3N. The minimum Gasteiger partial charge on any atom is -0.316 e. The number of hydrogen-bond acceptors (Lipinski definition) is 1. The van der Waals surface area contributed by atoms with Crippen LogP contribution in [0.2, 0.25) is 0 Å². The summed E-state index contributed by atoms with van der Waals surface area (Å²) in [6, 6.07) is 3.76. The summed E-state index contributed by atoms with van der Waals surface area (Å²) in [5.74, 6) is 0. The molecule has 0 radical (unpaired) electrons. The maximum Gasteiger partial charge on any atom is 0.416 e. The number of aryl methyl sites for hydroxylation is 1. The van der Waals surface area contributed by atoms with Crippen LogP contribution >= 0.6 is 0 Å². The summed E-state index contributed by atoms with van der Waals surface area (Å²) in [6.45, 7) is 2.43. The summed E-state index contributed by atoms with van der Waals surface area (Å²) < 4.78 is 37.4. The molecule has 16 heavy (non-hydrogen) atoms. The molecule has 4 heteroatoms. The lowest BCUT2D eigenvalue weighted by molar-refractivity contribution is -0.137. The van der Waals surface area contributed by atoms with Gasteiger partial charge in [-0.2, -0.15) is 13.2 Å². The van der Waals surface area contributed by atoms with Crippen molar-refractivity contribution in [3.05, 3.63) is 41.0 Å². The van der Waals surface area contributed by atoms with Crippen molar-refractivity contribution in [2.24, 2.45) is 0 Å². The lowest BCUT2D eigenvalue weighted by Crippen LogP contribution is -2.06. The average molecular weight is 229 g/mol. The van der Waals surface area contributed by atoms with Gasteiger partial charge in [0, 0.05) is 6.54 Å². The van der Waals surface area contributed by atoms with Crippen molar-refractivity contribution < 1.29 is 13.2 Å². The summed E-state index contributed by atoms with van der Waals surface area (Å²) in [5, 5.41) is 2.89. The molecule has 0 heterocycles. The summed E-state index contributed by atoms with van der Waals surface area (Å²) >= 11 is 0. The van der Waals surface area contributed by atoms with E-state index in [4.69, 9.17) is 0 Å². The van der Waals surface area contributed by atoms with E-state index < -0.39 is 11.7 Å². The number of rotatable bonds is 3. The first kappa shape index (κ1) is 12.8. The fourth-order valence-corrected chi connectivity index (χ4v) is 1.30. The Labute approximate surface area is 93.0 Å². The molecule has 0 bridgehead atoms. The Morgan fingerprint density at radius 3 is 2.56 bits per heavy atom. The minimum absolute atomic E-state index is 0.602. The molecule has 1 aromatic rings. The standard InChI is InChI=1S/C12H14F3N/c1-9-5-6-11(12(13,14)15)8-10(9)4-3-7-16-2/h3-6,8,16H,7H2,1-2H3. The smallest absolute Gasteiger partial charge is 0.316 e. The molecule has 1 N–H and O–H groups in total. The van der Waals surface area contributed by atoms with Crippen LogP contribution in [0.3, 0.4) is 0 Å². The second-order valence-electron chi connectivity index (χ2n) is 3.53. The fourth-order valence-electron chi connectivity index (χ4n) is 1.30. The van der Waals surface area contributed by atoms with E-state index in [9.17, 15) is 13.2 Å². The van der Waals surface area contributed by atoms with E-state index in [1.165, 1.54) is 12.1 Å². The largest absolute Gasteiger partial charge is 0.416 e. The highest BCUT2D eigenvalue weighted by atomic mass is 19.4. The van der Waals surface area contributed by atoms with Crippen LogP contribution in [0.5, 0.6) is 0 Å². The van der Waals surface area contributed by atoms with Gasteiger partial charge in [-0.3, -0.25) is 0 Å². The normalized spacial score (nSPS) is 12.3. The summed E-state index contributed by atoms with van der Waals surface area (Å²) in [4.78, 5) is 0. The van der Waals surface area contributed by atoms with Crippen LogP contribution in [0, 0.1) is 6.92 Å². The monoisotopic (exact) mass is 229 g/mol. The van der Waals surface area contributed by atoms with Gasteiger partial charge in [0.15, 0.2) is 0 Å². The fraction of sp³-hybridized carbons (Fsp3) is 0.333. The first-order valence-corrected chi connectivity index (χ1v) is 4.94. The number of halogens is 3. The highest BCUT2D eigenvalue weighted by Crippen LogP contribution is 2.30. The molecule has 0 amide bonds. The van der Waals surface area contributed by atoms with Crippen LogP contribution in [-0.4, -0.2) is 13.6 Å². The molecule has 0 aliphatic carbocycles. The van der Waals surface area contributed by atoms with E-state index >= 15 is 0 Å². The van der Waals surface area contributed by atoms with Crippen molar-refractivity contribution in [3.8, 4) is 0 Å². The van der Waals surface area contributed by atoms with Crippen molar-refractivity contribution in [1.82, 2.24) is 5.32 Å². The number of hydrogen-bond donors (Lipinski definition) is 1. The summed E-state index contributed by atoms with van der Waals surface area (Å²) in [7, 11) is 1.78. The van der Waals surface area contributed by atoms with Crippen molar-refractivity contribution in [1.29, 1.82) is 0 Å². The predicted molar refractivity (Wildman–Crippen MR) is 59.1 cm³/mol. The van der Waals surface area contributed by atoms with Gasteiger partial charge in [0.25, 0.3) is 0 Å². The molecule has 1 rings (SSSR count). The van der Waals surface area contributed by atoms with E-state index in [-0.39, 0.29) is 0 Å². The Morgan fingerprint density at radius 1 is 1.31 bits per heavy atom. The first-order chi connectivity index (χ1) is 7.45. The predicted octanol–water partition coefficient (Wildman–Crippen LogP) is 3.25. The molecule has 0 spiro atoms. The molecular weight excluding hydrogens is 215 g/mol. The molecule has 0 aromatic heterocycles. The van der Waals surface area contributed by atoms with Gasteiger partial charge in [0.1, 0.15) is 0 Å². The molecule has 1 nitrogen and oxygen atoms in total. The van der Waals surface area contributed by atoms with Crippen LogP contribution in [0.15, 0.2) is 24.3 Å². The lowest BCUT2D eigenvalue weighted by atomic mass is 10.0. The van der Waals surface area contributed by atoms with Crippen molar-refractivity contribution in [3.63, 3.8) is 0 Å². The third-order valence-electron chi connectivity index (χ3n) is 2.23. The highest BCUT2D eigenvalue weighted by Gasteiger charge is 2.30. The van der Waals surface area contributed by atoms with Crippen LogP contribution in [0.4, 0.5) is 13.2 Å². The zero-order valence-corrected chi connectivity index (χ0v) is 9.23. The topological polar surface area (TPSA) is 12.0 Å². The molecule has 0 unspecified atom stereocenters. The van der Waals surface area contributed by atoms with Crippen molar-refractivity contribution >= 4 is 6.08 Å². The van der Waals surface area contributed by atoms with Gasteiger partial charge in [0.2, 0.25) is 0 Å². The third kappa shape index (κ3) is 3.38. The number of alkyl halides is 3. The van der Waals surface area contributed by atoms with E-state index in [2.05, 4.69) is 5.32 Å². The van der Waals surface area contributed by atoms with Gasteiger partial charge in [-0.05, 0) is 37.2 Å². The lowest BCUT2D eigenvalue weighted by Gasteiger charge is -2.09. The van der Waals surface area contributed by atoms with Gasteiger partial charge in [-0.1, -0.05) is 18.2 Å². The number of nitrogens with one attached hydrogen (secondary N) is 1. The first-order valence-electron chi connectivity index (χ1n) is 4.94. The molecule has 1 aromatic carbocycles. The maximum absolute atomic E-state index is 12.5. The Hall–Kier alpha value is -1.29. The second-order valence-corrected chi connectivity index (χ2v) is 3.53. The molecule has 0 saturated carbocycles. The molecule has 0 aliphatic rings. The van der Waals surface area contributed by atoms with Crippen molar-refractivity contribution in [2.45, 2.75) is 13.1 Å². The van der Waals surface area contributed by atoms with Crippen LogP contribution in [0.1, 0.15) is 16.7 Å². The zero-order chi connectivity index (χ0) is 12.2. The number of benzene rings is 1. The van der Waals surface area contributed by atoms with E-state index in [0.29, 0.717) is 12.1 Å². The van der Waals surface area contributed by atoms with Crippen molar-refractivity contribution in [2.75, 3.05) is 13.6 Å². The SMILES string of the molecule is CNCC=Cc1cc(C(F)(F)F)ccc1C. The second kappa shape index (κ2) is 5.16. The van der Waals surface area contributed by atoms with E-state index in [1.54, 1.807) is 26.1 Å². The van der Waals surface area contributed by atoms with Gasteiger partial charge < -0.3 is 5.32 Å². The molecule has 0 fully saturated rings. The zero-order valence-electron chi connectivity index (χ0n) is 9.23. The minimum atomic E-state index is -4.28. The Balaban J connectivity index is 3.00. The van der Waals surface area contributed by atoms with E-state index in [0.717, 1.165) is 11.6 Å². The van der Waals surface area contributed by atoms with Gasteiger partial charge in [0.05, 0.1) is 5.56 Å². The Kier molecular flexibility index (Phi) is 4.12. The maximum atomic E-state index is 12.5. The van der Waals surface area contributed by atoms with Crippen LogP contribution < -0.4 is 5.32 Å². The third-order valence-corrected chi connectivity index (χ3v) is 2.23. The molecule has 0 aliphatic heterocycles.